The van der Waals surface area contributed by atoms with Gasteiger partial charge in [-0.2, -0.15) is 0 Å². The summed E-state index contributed by atoms with van der Waals surface area (Å²) in [5, 5.41) is 3.14. The van der Waals surface area contributed by atoms with Crippen LogP contribution in [0.5, 0.6) is 0 Å². The molecule has 5 nitrogen and oxygen atoms in total. The first-order chi connectivity index (χ1) is 15.4. The summed E-state index contributed by atoms with van der Waals surface area (Å²) in [7, 11) is 4.41. The van der Waals surface area contributed by atoms with Gasteiger partial charge in [0, 0.05) is 18.2 Å². The van der Waals surface area contributed by atoms with Crippen LogP contribution in [-0.4, -0.2) is 47.1 Å². The lowest BCUT2D eigenvalue weighted by Crippen LogP contribution is -2.55. The number of carbonyl (C=O) groups excluding carboxylic acids is 1. The number of anilines is 1. The fraction of sp³-hybridized carbons (Fsp3) is 0.630. The normalized spacial score (nSPS) is 41.9. The third-order valence-electron chi connectivity index (χ3n) is 9.63. The zero-order valence-electron chi connectivity index (χ0n) is 19.6. The number of hydrogen-bond donors (Lipinski definition) is 1. The number of pyridine rings is 1. The molecule has 3 aliphatic carbocycles. The lowest BCUT2D eigenvalue weighted by atomic mass is 9.58. The Kier molecular flexibility index (Phi) is 4.51. The third kappa shape index (κ3) is 2.76. The second-order valence-electron chi connectivity index (χ2n) is 11.3. The molecule has 32 heavy (non-hydrogen) atoms. The molecule has 3 fully saturated rings. The molecule has 2 saturated carbocycles. The maximum atomic E-state index is 13.4. The van der Waals surface area contributed by atoms with Gasteiger partial charge >= 0.3 is 0 Å². The average molecular weight is 434 g/mol. The summed E-state index contributed by atoms with van der Waals surface area (Å²) in [5.74, 6) is 0.546. The summed E-state index contributed by atoms with van der Waals surface area (Å²) in [6, 6.07) is 4.37. The maximum Gasteiger partial charge on any atom is 0.228 e. The van der Waals surface area contributed by atoms with E-state index >= 15 is 0 Å². The predicted octanol–water partition coefficient (Wildman–Crippen LogP) is 4.72. The van der Waals surface area contributed by atoms with Gasteiger partial charge in [-0.15, -0.1) is 0 Å². The highest BCUT2D eigenvalue weighted by Gasteiger charge is 2.67. The van der Waals surface area contributed by atoms with E-state index in [0.29, 0.717) is 12.0 Å². The van der Waals surface area contributed by atoms with Gasteiger partial charge in [-0.25, -0.2) is 0 Å². The zero-order chi connectivity index (χ0) is 22.1. The number of rotatable bonds is 3. The van der Waals surface area contributed by atoms with E-state index in [1.165, 1.54) is 17.6 Å². The molecule has 6 rings (SSSR count). The Morgan fingerprint density at radius 3 is 2.91 bits per heavy atom. The Labute approximate surface area is 191 Å². The van der Waals surface area contributed by atoms with E-state index in [2.05, 4.69) is 48.4 Å². The first kappa shape index (κ1) is 20.6. The van der Waals surface area contributed by atoms with Crippen molar-refractivity contribution in [2.24, 2.45) is 17.3 Å². The molecule has 5 heteroatoms. The van der Waals surface area contributed by atoms with Gasteiger partial charge in [0.2, 0.25) is 5.91 Å². The summed E-state index contributed by atoms with van der Waals surface area (Å²) in [4.78, 5) is 19.9. The van der Waals surface area contributed by atoms with E-state index in [9.17, 15) is 4.79 Å². The zero-order valence-corrected chi connectivity index (χ0v) is 19.6. The lowest BCUT2D eigenvalue weighted by Gasteiger charge is -2.54. The van der Waals surface area contributed by atoms with Gasteiger partial charge < -0.3 is 15.0 Å². The summed E-state index contributed by atoms with van der Waals surface area (Å²) in [6.07, 6.45) is 17.1. The quantitative estimate of drug-likeness (QED) is 0.749. The molecule has 2 bridgehead atoms. The minimum Gasteiger partial charge on any atom is -0.359 e. The molecule has 0 aromatic carbocycles. The number of nitrogens with zero attached hydrogens (tertiary/aromatic N) is 2. The van der Waals surface area contributed by atoms with Crippen molar-refractivity contribution in [3.8, 4) is 0 Å². The highest BCUT2D eigenvalue weighted by atomic mass is 16.5. The number of fused-ring (bicyclic) bond motifs is 1. The molecule has 1 amide bonds. The van der Waals surface area contributed by atoms with Crippen LogP contribution in [0.15, 0.2) is 47.8 Å². The molecule has 170 valence electrons. The lowest BCUT2D eigenvalue weighted by molar-refractivity contribution is -0.146. The van der Waals surface area contributed by atoms with E-state index in [4.69, 9.17) is 4.74 Å². The molecule has 2 aliphatic heterocycles. The minimum atomic E-state index is -0.200. The first-order valence-corrected chi connectivity index (χ1v) is 12.4. The van der Waals surface area contributed by atoms with Crippen LogP contribution in [-0.2, 0) is 9.53 Å². The molecule has 1 aromatic heterocycles. The van der Waals surface area contributed by atoms with Crippen LogP contribution >= 0.6 is 0 Å². The van der Waals surface area contributed by atoms with Crippen LogP contribution in [0, 0.1) is 17.3 Å². The molecule has 5 aliphatic rings. The van der Waals surface area contributed by atoms with Crippen molar-refractivity contribution in [2.75, 3.05) is 19.4 Å². The van der Waals surface area contributed by atoms with Crippen LogP contribution in [0.25, 0.3) is 0 Å². The molecule has 1 N–H and O–H groups in total. The topological polar surface area (TPSA) is 54.5 Å². The van der Waals surface area contributed by atoms with Crippen molar-refractivity contribution >= 4 is 11.6 Å². The Bertz CT molecular complexity index is 1000. The number of amides is 1. The fourth-order valence-corrected chi connectivity index (χ4v) is 7.92. The van der Waals surface area contributed by atoms with E-state index in [-0.39, 0.29) is 28.4 Å². The highest BCUT2D eigenvalue weighted by Crippen LogP contribution is 2.67. The predicted molar refractivity (Wildman–Crippen MR) is 125 cm³/mol. The number of carbonyl (C=O) groups is 1. The fourth-order valence-electron chi connectivity index (χ4n) is 7.92. The SMILES string of the molecule is CN(C)C1CCC2=CC3=CC[C@]4(C)[C@@H](C(=O)Nc5cccnc5)CC[C@H]4[C@@]34CC[C@]2(C1)O4. The molecule has 1 unspecified atom stereocenters. The highest BCUT2D eigenvalue weighted by molar-refractivity contribution is 5.93. The molecule has 1 saturated heterocycles. The summed E-state index contributed by atoms with van der Waals surface area (Å²) in [6.45, 7) is 2.34. The Morgan fingerprint density at radius 1 is 1.25 bits per heavy atom. The maximum absolute atomic E-state index is 13.4. The van der Waals surface area contributed by atoms with Crippen molar-refractivity contribution in [1.29, 1.82) is 0 Å². The van der Waals surface area contributed by atoms with Gasteiger partial charge in [0.05, 0.1) is 23.1 Å². The molecular formula is C27H35N3O2. The second kappa shape index (κ2) is 7.01. The van der Waals surface area contributed by atoms with Crippen LogP contribution in [0.4, 0.5) is 5.69 Å². The largest absolute Gasteiger partial charge is 0.359 e. The first-order valence-electron chi connectivity index (χ1n) is 12.4. The number of hydrogen-bond acceptors (Lipinski definition) is 4. The summed E-state index contributed by atoms with van der Waals surface area (Å²) in [5.41, 5.74) is 3.38. The van der Waals surface area contributed by atoms with Crippen LogP contribution in [0.2, 0.25) is 0 Å². The van der Waals surface area contributed by atoms with Crippen molar-refractivity contribution in [1.82, 2.24) is 9.88 Å². The molecule has 0 radical (unpaired) electrons. The minimum absolute atomic E-state index is 0.00582. The monoisotopic (exact) mass is 433 g/mol. The van der Waals surface area contributed by atoms with Gasteiger partial charge in [0.1, 0.15) is 0 Å². The van der Waals surface area contributed by atoms with E-state index < -0.39 is 0 Å². The number of allylic oxidation sites excluding steroid dienone is 1. The molecule has 6 atom stereocenters. The molecule has 2 spiro atoms. The average Bonchev–Trinajstić information content (AvgIpc) is 3.29. The summed E-state index contributed by atoms with van der Waals surface area (Å²) < 4.78 is 7.28. The van der Waals surface area contributed by atoms with Crippen LogP contribution in [0.3, 0.4) is 0 Å². The van der Waals surface area contributed by atoms with E-state index in [1.807, 2.05) is 12.1 Å². The molecule has 1 aromatic rings. The van der Waals surface area contributed by atoms with Crippen LogP contribution in [0.1, 0.15) is 58.3 Å². The van der Waals surface area contributed by atoms with Gasteiger partial charge in [0.15, 0.2) is 0 Å². The second-order valence-corrected chi connectivity index (χ2v) is 11.3. The third-order valence-corrected chi connectivity index (χ3v) is 9.63. The Hall–Kier alpha value is -1.98. The smallest absolute Gasteiger partial charge is 0.228 e. The van der Waals surface area contributed by atoms with Gasteiger partial charge in [-0.3, -0.25) is 9.78 Å². The molecular weight excluding hydrogens is 398 g/mol. The number of ether oxygens (including phenoxy) is 1. The number of aromatic nitrogens is 1. The van der Waals surface area contributed by atoms with Crippen molar-refractivity contribution in [3.05, 3.63) is 47.8 Å². The molecule has 3 heterocycles. The van der Waals surface area contributed by atoms with E-state index in [1.54, 1.807) is 12.4 Å². The van der Waals surface area contributed by atoms with Gasteiger partial charge in [-0.05, 0) is 100 Å². The Balaban J connectivity index is 1.31. The van der Waals surface area contributed by atoms with Gasteiger partial charge in [0.25, 0.3) is 0 Å². The van der Waals surface area contributed by atoms with Gasteiger partial charge in [-0.1, -0.05) is 19.1 Å². The van der Waals surface area contributed by atoms with Crippen LogP contribution < -0.4 is 5.32 Å². The van der Waals surface area contributed by atoms with Crippen molar-refractivity contribution < 1.29 is 9.53 Å². The summed E-state index contributed by atoms with van der Waals surface area (Å²) >= 11 is 0. The standard InChI is InChI=1S/C27H35N3O2/c1-25-11-10-19-15-18-6-7-21(30(2)3)16-26(18)12-13-27(19,32-26)23(25)9-8-22(25)24(31)29-20-5-4-14-28-17-20/h4-5,10,14-15,17,21-23H,6-9,11-13,16H2,1-3H3,(H,29,31)/t21?,22-,23-,25-,26-,27-/m1/s1. The number of nitrogens with one attached hydrogen (secondary N) is 1. The van der Waals surface area contributed by atoms with E-state index in [0.717, 1.165) is 50.6 Å². The van der Waals surface area contributed by atoms with Crippen molar-refractivity contribution in [3.63, 3.8) is 0 Å². The van der Waals surface area contributed by atoms with Crippen molar-refractivity contribution in [2.45, 2.75) is 75.5 Å². The Morgan fingerprint density at radius 2 is 2.12 bits per heavy atom.